The Morgan fingerprint density at radius 1 is 1.42 bits per heavy atom. The maximum absolute atomic E-state index is 12.2. The summed E-state index contributed by atoms with van der Waals surface area (Å²) >= 11 is 4.73. The lowest BCUT2D eigenvalue weighted by Gasteiger charge is -2.19. The van der Waals surface area contributed by atoms with Gasteiger partial charge in [-0.2, -0.15) is 0 Å². The molecule has 0 aliphatic carbocycles. The summed E-state index contributed by atoms with van der Waals surface area (Å²) < 4.78 is 0.904. The fourth-order valence-corrected chi connectivity index (χ4v) is 3.68. The first-order valence-corrected chi connectivity index (χ1v) is 7.65. The van der Waals surface area contributed by atoms with E-state index in [1.165, 1.54) is 16.7 Å². The lowest BCUT2D eigenvalue weighted by Crippen LogP contribution is -2.37. The van der Waals surface area contributed by atoms with Gasteiger partial charge in [-0.15, -0.1) is 11.8 Å². The number of thioether (sulfide) groups is 1. The second-order valence-corrected chi connectivity index (χ2v) is 6.85. The van der Waals surface area contributed by atoms with Crippen molar-refractivity contribution in [1.29, 1.82) is 0 Å². The van der Waals surface area contributed by atoms with E-state index in [9.17, 15) is 9.59 Å². The van der Waals surface area contributed by atoms with Crippen molar-refractivity contribution in [1.82, 2.24) is 4.90 Å². The van der Waals surface area contributed by atoms with Crippen molar-refractivity contribution in [2.24, 2.45) is 0 Å². The van der Waals surface area contributed by atoms with E-state index in [4.69, 9.17) is 5.73 Å². The number of rotatable bonds is 3. The number of likely N-dealkylation sites (tertiary alicyclic amines) is 1. The molecule has 2 amide bonds. The van der Waals surface area contributed by atoms with Crippen LogP contribution in [-0.4, -0.2) is 28.0 Å². The van der Waals surface area contributed by atoms with Gasteiger partial charge in [0, 0.05) is 27.5 Å². The zero-order chi connectivity index (χ0) is 14.2. The molecule has 4 nitrogen and oxygen atoms in total. The zero-order valence-corrected chi connectivity index (χ0v) is 13.1. The molecule has 2 rings (SSSR count). The summed E-state index contributed by atoms with van der Waals surface area (Å²) in [6, 6.07) is 5.41. The number of anilines is 1. The number of amides is 2. The molecule has 1 aromatic carbocycles. The minimum absolute atomic E-state index is 0.0922. The molecular formula is C13H15BrN2O2S. The first-order valence-electron chi connectivity index (χ1n) is 5.97. The highest BCUT2D eigenvalue weighted by Gasteiger charge is 2.40. The third-order valence-electron chi connectivity index (χ3n) is 2.90. The Balaban J connectivity index is 2.19. The molecular weight excluding hydrogens is 328 g/mol. The van der Waals surface area contributed by atoms with Gasteiger partial charge >= 0.3 is 0 Å². The van der Waals surface area contributed by atoms with Crippen LogP contribution in [0, 0.1) is 0 Å². The molecule has 2 N–H and O–H groups in total. The number of hydrogen-bond donors (Lipinski definition) is 1. The van der Waals surface area contributed by atoms with Crippen LogP contribution in [0.2, 0.25) is 0 Å². The van der Waals surface area contributed by atoms with Gasteiger partial charge in [0.15, 0.2) is 0 Å². The van der Waals surface area contributed by atoms with Crippen molar-refractivity contribution in [2.75, 3.05) is 5.73 Å². The van der Waals surface area contributed by atoms with Gasteiger partial charge < -0.3 is 5.73 Å². The molecule has 0 radical (unpaired) electrons. The predicted molar refractivity (Wildman–Crippen MR) is 79.8 cm³/mol. The summed E-state index contributed by atoms with van der Waals surface area (Å²) in [7, 11) is 0. The monoisotopic (exact) mass is 342 g/mol. The van der Waals surface area contributed by atoms with E-state index in [2.05, 4.69) is 15.9 Å². The molecule has 102 valence electrons. The Labute approximate surface area is 124 Å². The summed E-state index contributed by atoms with van der Waals surface area (Å²) in [5.74, 6) is -0.226. The van der Waals surface area contributed by atoms with Crippen LogP contribution in [0.4, 0.5) is 5.69 Å². The van der Waals surface area contributed by atoms with Crippen LogP contribution in [0.15, 0.2) is 27.6 Å². The fourth-order valence-electron chi connectivity index (χ4n) is 2.02. The average Bonchev–Trinajstić information content (AvgIpc) is 2.59. The van der Waals surface area contributed by atoms with Crippen molar-refractivity contribution in [2.45, 2.75) is 36.5 Å². The second-order valence-electron chi connectivity index (χ2n) is 4.69. The van der Waals surface area contributed by atoms with Crippen molar-refractivity contribution < 1.29 is 9.59 Å². The minimum Gasteiger partial charge on any atom is -0.398 e. The minimum atomic E-state index is -0.369. The largest absolute Gasteiger partial charge is 0.398 e. The second kappa shape index (κ2) is 5.54. The fraction of sp³-hybridized carbons (Fsp3) is 0.385. The van der Waals surface area contributed by atoms with Gasteiger partial charge in [0.1, 0.15) is 0 Å². The van der Waals surface area contributed by atoms with E-state index >= 15 is 0 Å². The molecule has 1 saturated heterocycles. The van der Waals surface area contributed by atoms with E-state index in [-0.39, 0.29) is 29.5 Å². The SMILES string of the molecule is CC(C)N1C(=O)CC(Sc2cc(Br)ccc2N)C1=O. The number of carbonyl (C=O) groups is 2. The summed E-state index contributed by atoms with van der Waals surface area (Å²) in [5.41, 5.74) is 6.51. The third kappa shape index (κ3) is 2.95. The molecule has 0 spiro atoms. The molecule has 1 unspecified atom stereocenters. The molecule has 1 aliphatic rings. The van der Waals surface area contributed by atoms with Gasteiger partial charge in [-0.05, 0) is 32.0 Å². The van der Waals surface area contributed by atoms with Gasteiger partial charge in [0.25, 0.3) is 0 Å². The Hall–Kier alpha value is -1.01. The Morgan fingerprint density at radius 3 is 2.68 bits per heavy atom. The summed E-state index contributed by atoms with van der Waals surface area (Å²) in [6.45, 7) is 3.69. The van der Waals surface area contributed by atoms with Crippen molar-refractivity contribution in [3.63, 3.8) is 0 Å². The number of carbonyl (C=O) groups excluding carboxylic acids is 2. The number of nitrogens with two attached hydrogens (primary N) is 1. The zero-order valence-electron chi connectivity index (χ0n) is 10.7. The first kappa shape index (κ1) is 14.4. The van der Waals surface area contributed by atoms with Crippen LogP contribution in [0.1, 0.15) is 20.3 Å². The number of hydrogen-bond acceptors (Lipinski definition) is 4. The van der Waals surface area contributed by atoms with Crippen LogP contribution in [0.25, 0.3) is 0 Å². The Morgan fingerprint density at radius 2 is 2.11 bits per heavy atom. The Kier molecular flexibility index (Phi) is 4.20. The average molecular weight is 343 g/mol. The van der Waals surface area contributed by atoms with Crippen LogP contribution < -0.4 is 5.73 Å². The number of nitrogens with zero attached hydrogens (tertiary/aromatic N) is 1. The van der Waals surface area contributed by atoms with Gasteiger partial charge in [0.2, 0.25) is 11.8 Å². The van der Waals surface area contributed by atoms with Crippen LogP contribution >= 0.6 is 27.7 Å². The number of nitrogen functional groups attached to an aromatic ring is 1. The molecule has 0 aromatic heterocycles. The van der Waals surface area contributed by atoms with Crippen molar-refractivity contribution in [3.8, 4) is 0 Å². The molecule has 0 bridgehead atoms. The topological polar surface area (TPSA) is 63.4 Å². The molecule has 1 fully saturated rings. The van der Waals surface area contributed by atoms with Gasteiger partial charge in [0.05, 0.1) is 5.25 Å². The van der Waals surface area contributed by atoms with E-state index in [1.807, 2.05) is 26.0 Å². The summed E-state index contributed by atoms with van der Waals surface area (Å²) in [6.07, 6.45) is 0.244. The lowest BCUT2D eigenvalue weighted by atomic mass is 10.3. The first-order chi connectivity index (χ1) is 8.90. The molecule has 6 heteroatoms. The molecule has 1 aromatic rings. The van der Waals surface area contributed by atoms with Gasteiger partial charge in [-0.25, -0.2) is 0 Å². The van der Waals surface area contributed by atoms with Crippen LogP contribution in [-0.2, 0) is 9.59 Å². The standard InChI is InChI=1S/C13H15BrN2O2S/c1-7(2)16-12(17)6-11(13(16)18)19-10-5-8(14)3-4-9(10)15/h3-5,7,11H,6,15H2,1-2H3. The maximum Gasteiger partial charge on any atom is 0.243 e. The van der Waals surface area contributed by atoms with Crippen LogP contribution in [0.3, 0.4) is 0 Å². The summed E-state index contributed by atoms with van der Waals surface area (Å²) in [5, 5.41) is -0.369. The highest BCUT2D eigenvalue weighted by Crippen LogP contribution is 2.36. The van der Waals surface area contributed by atoms with E-state index < -0.39 is 0 Å². The molecule has 19 heavy (non-hydrogen) atoms. The number of benzene rings is 1. The van der Waals surface area contributed by atoms with Crippen LogP contribution in [0.5, 0.6) is 0 Å². The van der Waals surface area contributed by atoms with Crippen molar-refractivity contribution in [3.05, 3.63) is 22.7 Å². The molecule has 1 aliphatic heterocycles. The normalized spacial score (nSPS) is 19.6. The van der Waals surface area contributed by atoms with E-state index in [1.54, 1.807) is 6.07 Å². The smallest absolute Gasteiger partial charge is 0.243 e. The Bertz CT molecular complexity index is 533. The lowest BCUT2D eigenvalue weighted by molar-refractivity contribution is -0.140. The predicted octanol–water partition coefficient (Wildman–Crippen LogP) is 2.66. The third-order valence-corrected chi connectivity index (χ3v) is 4.66. The highest BCUT2D eigenvalue weighted by molar-refractivity contribution is 9.10. The van der Waals surface area contributed by atoms with Gasteiger partial charge in [-0.3, -0.25) is 14.5 Å². The molecule has 1 atom stereocenters. The molecule has 0 saturated carbocycles. The summed E-state index contributed by atoms with van der Waals surface area (Å²) in [4.78, 5) is 26.2. The quantitative estimate of drug-likeness (QED) is 0.677. The van der Waals surface area contributed by atoms with Gasteiger partial charge in [-0.1, -0.05) is 15.9 Å². The number of imide groups is 1. The number of halogens is 1. The molecule has 1 heterocycles. The highest BCUT2D eigenvalue weighted by atomic mass is 79.9. The van der Waals surface area contributed by atoms with Crippen molar-refractivity contribution >= 4 is 45.2 Å². The van der Waals surface area contributed by atoms with E-state index in [0.29, 0.717) is 5.69 Å². The van der Waals surface area contributed by atoms with E-state index in [0.717, 1.165) is 9.37 Å². The maximum atomic E-state index is 12.2.